The SMILES string of the molecule is CCN(CC)CCN1C(N)=NCC1c1cc(Cl)ccc1Cl. The number of nitrogens with two attached hydrogens (primary N) is 1. The summed E-state index contributed by atoms with van der Waals surface area (Å²) in [6, 6.07) is 5.61. The Morgan fingerprint density at radius 1 is 1.33 bits per heavy atom. The third-order valence-electron chi connectivity index (χ3n) is 3.97. The van der Waals surface area contributed by atoms with Crippen LogP contribution in [-0.2, 0) is 0 Å². The maximum Gasteiger partial charge on any atom is 0.191 e. The summed E-state index contributed by atoms with van der Waals surface area (Å²) in [6.45, 7) is 8.81. The summed E-state index contributed by atoms with van der Waals surface area (Å²) in [5.41, 5.74) is 7.04. The number of likely N-dealkylation sites (N-methyl/N-ethyl adjacent to an activating group) is 1. The molecule has 0 spiro atoms. The minimum Gasteiger partial charge on any atom is -0.370 e. The van der Waals surface area contributed by atoms with E-state index in [4.69, 9.17) is 28.9 Å². The van der Waals surface area contributed by atoms with Crippen molar-refractivity contribution in [1.29, 1.82) is 0 Å². The van der Waals surface area contributed by atoms with Crippen LogP contribution in [-0.4, -0.2) is 48.5 Å². The first-order chi connectivity index (χ1) is 10.1. The van der Waals surface area contributed by atoms with Crippen LogP contribution < -0.4 is 5.73 Å². The first-order valence-electron chi connectivity index (χ1n) is 7.30. The average Bonchev–Trinajstić information content (AvgIpc) is 2.84. The van der Waals surface area contributed by atoms with Gasteiger partial charge in [0.15, 0.2) is 5.96 Å². The zero-order chi connectivity index (χ0) is 15.4. The van der Waals surface area contributed by atoms with Gasteiger partial charge in [-0.1, -0.05) is 37.0 Å². The number of hydrogen-bond acceptors (Lipinski definition) is 4. The molecule has 2 rings (SSSR count). The summed E-state index contributed by atoms with van der Waals surface area (Å²) in [5.74, 6) is 0.586. The van der Waals surface area contributed by atoms with Gasteiger partial charge in [0, 0.05) is 23.1 Å². The van der Waals surface area contributed by atoms with Gasteiger partial charge in [-0.3, -0.25) is 4.99 Å². The summed E-state index contributed by atoms with van der Waals surface area (Å²) in [4.78, 5) is 8.86. The summed E-state index contributed by atoms with van der Waals surface area (Å²) in [6.07, 6.45) is 0. The van der Waals surface area contributed by atoms with Gasteiger partial charge >= 0.3 is 0 Å². The highest BCUT2D eigenvalue weighted by Gasteiger charge is 2.29. The van der Waals surface area contributed by atoms with Crippen molar-refractivity contribution in [2.45, 2.75) is 19.9 Å². The van der Waals surface area contributed by atoms with Crippen molar-refractivity contribution in [3.8, 4) is 0 Å². The van der Waals surface area contributed by atoms with E-state index < -0.39 is 0 Å². The van der Waals surface area contributed by atoms with Crippen molar-refractivity contribution in [3.05, 3.63) is 33.8 Å². The van der Waals surface area contributed by atoms with Gasteiger partial charge in [-0.05, 0) is 36.9 Å². The van der Waals surface area contributed by atoms with Gasteiger partial charge in [-0.2, -0.15) is 0 Å². The maximum absolute atomic E-state index is 6.32. The number of aliphatic imine (C=N–C) groups is 1. The molecule has 1 heterocycles. The van der Waals surface area contributed by atoms with Crippen LogP contribution in [0.15, 0.2) is 23.2 Å². The minimum atomic E-state index is 0.0757. The predicted octanol–water partition coefficient (Wildman–Crippen LogP) is 3.01. The molecule has 0 aromatic heterocycles. The maximum atomic E-state index is 6.32. The first-order valence-corrected chi connectivity index (χ1v) is 8.06. The molecular formula is C15H22Cl2N4. The largest absolute Gasteiger partial charge is 0.370 e. The number of rotatable bonds is 6. The van der Waals surface area contributed by atoms with Gasteiger partial charge < -0.3 is 15.5 Å². The van der Waals surface area contributed by atoms with Crippen molar-refractivity contribution in [3.63, 3.8) is 0 Å². The topological polar surface area (TPSA) is 44.9 Å². The van der Waals surface area contributed by atoms with E-state index in [-0.39, 0.29) is 6.04 Å². The molecule has 0 saturated heterocycles. The van der Waals surface area contributed by atoms with E-state index in [9.17, 15) is 0 Å². The highest BCUT2D eigenvalue weighted by molar-refractivity contribution is 6.33. The Kier molecular flexibility index (Phi) is 5.73. The molecule has 0 saturated carbocycles. The van der Waals surface area contributed by atoms with Crippen molar-refractivity contribution in [2.75, 3.05) is 32.7 Å². The quantitative estimate of drug-likeness (QED) is 0.873. The second-order valence-corrected chi connectivity index (χ2v) is 5.94. The van der Waals surface area contributed by atoms with Crippen molar-refractivity contribution in [1.82, 2.24) is 9.80 Å². The third-order valence-corrected chi connectivity index (χ3v) is 4.54. The molecule has 4 nitrogen and oxygen atoms in total. The molecule has 1 aliphatic heterocycles. The zero-order valence-electron chi connectivity index (χ0n) is 12.5. The van der Waals surface area contributed by atoms with E-state index >= 15 is 0 Å². The highest BCUT2D eigenvalue weighted by Crippen LogP contribution is 2.32. The molecule has 0 aliphatic carbocycles. The molecule has 1 aromatic carbocycles. The van der Waals surface area contributed by atoms with Crippen molar-refractivity contribution in [2.24, 2.45) is 10.7 Å². The lowest BCUT2D eigenvalue weighted by Crippen LogP contribution is -2.41. The fourth-order valence-corrected chi connectivity index (χ4v) is 3.05. The van der Waals surface area contributed by atoms with E-state index in [0.29, 0.717) is 22.5 Å². The van der Waals surface area contributed by atoms with Crippen LogP contribution in [0.4, 0.5) is 0 Å². The van der Waals surface area contributed by atoms with Gasteiger partial charge in [-0.15, -0.1) is 0 Å². The Balaban J connectivity index is 2.14. The van der Waals surface area contributed by atoms with Crippen LogP contribution in [0.5, 0.6) is 0 Å². The molecule has 0 amide bonds. The fourth-order valence-electron chi connectivity index (χ4n) is 2.62. The molecule has 1 unspecified atom stereocenters. The second kappa shape index (κ2) is 7.34. The van der Waals surface area contributed by atoms with Crippen LogP contribution in [0.3, 0.4) is 0 Å². The minimum absolute atomic E-state index is 0.0757. The van der Waals surface area contributed by atoms with Crippen LogP contribution in [0, 0.1) is 0 Å². The smallest absolute Gasteiger partial charge is 0.191 e. The zero-order valence-corrected chi connectivity index (χ0v) is 14.0. The molecular weight excluding hydrogens is 307 g/mol. The molecule has 6 heteroatoms. The Morgan fingerprint density at radius 2 is 2.05 bits per heavy atom. The van der Waals surface area contributed by atoms with Gasteiger partial charge in [0.05, 0.1) is 12.6 Å². The normalized spacial score (nSPS) is 18.4. The highest BCUT2D eigenvalue weighted by atomic mass is 35.5. The van der Waals surface area contributed by atoms with Crippen LogP contribution in [0.25, 0.3) is 0 Å². The summed E-state index contributed by atoms with van der Waals surface area (Å²) >= 11 is 12.4. The lowest BCUT2D eigenvalue weighted by molar-refractivity contribution is 0.248. The standard InChI is InChI=1S/C15H22Cl2N4/c1-3-20(4-2)7-8-21-14(10-19-15(21)18)12-9-11(16)5-6-13(12)17/h5-6,9,14H,3-4,7-8,10H2,1-2H3,(H2,18,19). The molecule has 0 fully saturated rings. The number of nitrogens with zero attached hydrogens (tertiary/aromatic N) is 3. The molecule has 1 aromatic rings. The number of halogens is 2. The average molecular weight is 329 g/mol. The molecule has 1 atom stereocenters. The number of hydrogen-bond donors (Lipinski definition) is 1. The Labute approximate surface area is 136 Å². The Bertz CT molecular complexity index is 514. The van der Waals surface area contributed by atoms with E-state index in [1.165, 1.54) is 0 Å². The molecule has 0 bridgehead atoms. The fraction of sp³-hybridized carbons (Fsp3) is 0.533. The molecule has 0 radical (unpaired) electrons. The summed E-state index contributed by atoms with van der Waals surface area (Å²) in [5, 5.41) is 1.39. The second-order valence-electron chi connectivity index (χ2n) is 5.10. The van der Waals surface area contributed by atoms with Crippen molar-refractivity contribution < 1.29 is 0 Å². The molecule has 2 N–H and O–H groups in total. The van der Waals surface area contributed by atoms with Gasteiger partial charge in [0.1, 0.15) is 0 Å². The van der Waals surface area contributed by atoms with Crippen LogP contribution in [0.2, 0.25) is 10.0 Å². The lowest BCUT2D eigenvalue weighted by Gasteiger charge is -2.29. The van der Waals surface area contributed by atoms with Crippen LogP contribution in [0.1, 0.15) is 25.5 Å². The number of guanidine groups is 1. The lowest BCUT2D eigenvalue weighted by atomic mass is 10.1. The monoisotopic (exact) mass is 328 g/mol. The van der Waals surface area contributed by atoms with Gasteiger partial charge in [0.25, 0.3) is 0 Å². The van der Waals surface area contributed by atoms with E-state index in [1.807, 2.05) is 12.1 Å². The van der Waals surface area contributed by atoms with Gasteiger partial charge in [-0.25, -0.2) is 0 Å². The van der Waals surface area contributed by atoms with Crippen LogP contribution >= 0.6 is 23.2 Å². The molecule has 116 valence electrons. The molecule has 1 aliphatic rings. The Morgan fingerprint density at radius 3 is 2.71 bits per heavy atom. The Hall–Kier alpha value is -0.970. The first kappa shape index (κ1) is 16.4. The van der Waals surface area contributed by atoms with E-state index in [1.54, 1.807) is 6.07 Å². The number of benzene rings is 1. The van der Waals surface area contributed by atoms with Crippen molar-refractivity contribution >= 4 is 29.2 Å². The predicted molar refractivity (Wildman–Crippen MR) is 90.2 cm³/mol. The molecule has 21 heavy (non-hydrogen) atoms. The summed E-state index contributed by atoms with van der Waals surface area (Å²) in [7, 11) is 0. The van der Waals surface area contributed by atoms with E-state index in [0.717, 1.165) is 31.7 Å². The van der Waals surface area contributed by atoms with E-state index in [2.05, 4.69) is 28.6 Å². The van der Waals surface area contributed by atoms with Gasteiger partial charge in [0.2, 0.25) is 0 Å². The summed E-state index contributed by atoms with van der Waals surface area (Å²) < 4.78 is 0. The third kappa shape index (κ3) is 3.82.